The van der Waals surface area contributed by atoms with Crippen molar-refractivity contribution >= 4 is 33.2 Å². The SMILES string of the molecule is CCNC1CCCN(c2cc(Br)ccc2Cl)C1. The number of likely N-dealkylation sites (N-methyl/N-ethyl adjacent to an activating group) is 1. The molecule has 0 aliphatic carbocycles. The van der Waals surface area contributed by atoms with Crippen molar-refractivity contribution in [3.63, 3.8) is 0 Å². The predicted molar refractivity (Wildman–Crippen MR) is 78.1 cm³/mol. The predicted octanol–water partition coefficient (Wildman–Crippen LogP) is 3.68. The molecule has 1 aliphatic rings. The largest absolute Gasteiger partial charge is 0.369 e. The highest BCUT2D eigenvalue weighted by atomic mass is 79.9. The van der Waals surface area contributed by atoms with E-state index in [-0.39, 0.29) is 0 Å². The van der Waals surface area contributed by atoms with Crippen LogP contribution < -0.4 is 10.2 Å². The van der Waals surface area contributed by atoms with Crippen LogP contribution in [-0.2, 0) is 0 Å². The van der Waals surface area contributed by atoms with Crippen LogP contribution in [0, 0.1) is 0 Å². The van der Waals surface area contributed by atoms with Crippen LogP contribution in [0.3, 0.4) is 0 Å². The molecular formula is C13H18BrClN2. The van der Waals surface area contributed by atoms with Crippen molar-refractivity contribution in [2.45, 2.75) is 25.8 Å². The van der Waals surface area contributed by atoms with E-state index in [1.165, 1.54) is 12.8 Å². The standard InChI is InChI=1S/C13H18BrClN2/c1-2-16-11-4-3-7-17(9-11)13-8-10(14)5-6-12(13)15/h5-6,8,11,16H,2-4,7,9H2,1H3. The molecule has 17 heavy (non-hydrogen) atoms. The summed E-state index contributed by atoms with van der Waals surface area (Å²) in [6.45, 7) is 5.33. The number of piperidine rings is 1. The molecule has 2 rings (SSSR count). The molecule has 1 unspecified atom stereocenters. The van der Waals surface area contributed by atoms with Gasteiger partial charge in [0.1, 0.15) is 0 Å². The Morgan fingerprint density at radius 1 is 1.53 bits per heavy atom. The zero-order chi connectivity index (χ0) is 12.3. The topological polar surface area (TPSA) is 15.3 Å². The molecule has 1 aromatic rings. The summed E-state index contributed by atoms with van der Waals surface area (Å²) < 4.78 is 1.09. The van der Waals surface area contributed by atoms with Gasteiger partial charge in [-0.05, 0) is 37.6 Å². The molecule has 1 heterocycles. The Kier molecular flexibility index (Phi) is 4.71. The van der Waals surface area contributed by atoms with Crippen LogP contribution in [0.1, 0.15) is 19.8 Å². The number of anilines is 1. The third-order valence-electron chi connectivity index (χ3n) is 3.16. The van der Waals surface area contributed by atoms with E-state index in [9.17, 15) is 0 Å². The Labute approximate surface area is 116 Å². The minimum absolute atomic E-state index is 0.587. The molecule has 0 spiro atoms. The summed E-state index contributed by atoms with van der Waals surface area (Å²) in [6, 6.07) is 6.63. The third-order valence-corrected chi connectivity index (χ3v) is 3.98. The summed E-state index contributed by atoms with van der Waals surface area (Å²) >= 11 is 9.78. The van der Waals surface area contributed by atoms with Crippen LogP contribution in [0.15, 0.2) is 22.7 Å². The van der Waals surface area contributed by atoms with Gasteiger partial charge in [0, 0.05) is 23.6 Å². The first-order valence-corrected chi connectivity index (χ1v) is 7.31. The normalized spacial score (nSPS) is 20.6. The monoisotopic (exact) mass is 316 g/mol. The number of benzene rings is 1. The van der Waals surface area contributed by atoms with Gasteiger partial charge in [0.25, 0.3) is 0 Å². The van der Waals surface area contributed by atoms with Crippen molar-refractivity contribution < 1.29 is 0 Å². The summed E-state index contributed by atoms with van der Waals surface area (Å²) in [4.78, 5) is 2.38. The lowest BCUT2D eigenvalue weighted by Crippen LogP contribution is -2.45. The summed E-state index contributed by atoms with van der Waals surface area (Å²) in [5.41, 5.74) is 1.14. The molecule has 1 fully saturated rings. The van der Waals surface area contributed by atoms with Gasteiger partial charge in [-0.3, -0.25) is 0 Å². The number of nitrogens with one attached hydrogen (secondary N) is 1. The molecule has 94 valence electrons. The van der Waals surface area contributed by atoms with Crippen LogP contribution in [0.2, 0.25) is 5.02 Å². The van der Waals surface area contributed by atoms with Gasteiger partial charge >= 0.3 is 0 Å². The molecule has 1 saturated heterocycles. The molecule has 1 atom stereocenters. The van der Waals surface area contributed by atoms with Gasteiger partial charge in [0.15, 0.2) is 0 Å². The van der Waals surface area contributed by atoms with E-state index in [2.05, 4.69) is 39.1 Å². The average Bonchev–Trinajstić information content (AvgIpc) is 2.33. The lowest BCUT2D eigenvalue weighted by atomic mass is 10.0. The smallest absolute Gasteiger partial charge is 0.0640 e. The zero-order valence-corrected chi connectivity index (χ0v) is 12.4. The average molecular weight is 318 g/mol. The minimum atomic E-state index is 0.587. The summed E-state index contributed by atoms with van der Waals surface area (Å²) in [6.07, 6.45) is 2.48. The molecule has 1 N–H and O–H groups in total. The number of hydrogen-bond acceptors (Lipinski definition) is 2. The maximum atomic E-state index is 6.27. The highest BCUT2D eigenvalue weighted by Gasteiger charge is 2.20. The number of hydrogen-bond donors (Lipinski definition) is 1. The third kappa shape index (κ3) is 3.36. The fraction of sp³-hybridized carbons (Fsp3) is 0.538. The molecule has 0 saturated carbocycles. The maximum Gasteiger partial charge on any atom is 0.0640 e. The van der Waals surface area contributed by atoms with Gasteiger partial charge < -0.3 is 10.2 Å². The second-order valence-corrected chi connectivity index (χ2v) is 5.76. The molecular weight excluding hydrogens is 300 g/mol. The molecule has 4 heteroatoms. The Morgan fingerprint density at radius 3 is 3.12 bits per heavy atom. The Bertz CT molecular complexity index is 382. The van der Waals surface area contributed by atoms with E-state index in [1.54, 1.807) is 0 Å². The first kappa shape index (κ1) is 13.2. The Balaban J connectivity index is 2.13. The molecule has 1 aliphatic heterocycles. The van der Waals surface area contributed by atoms with Crippen LogP contribution >= 0.6 is 27.5 Å². The number of nitrogens with zero attached hydrogens (tertiary/aromatic N) is 1. The molecule has 0 aromatic heterocycles. The van der Waals surface area contributed by atoms with E-state index in [0.717, 1.165) is 34.8 Å². The quantitative estimate of drug-likeness (QED) is 0.915. The highest BCUT2D eigenvalue weighted by Crippen LogP contribution is 2.31. The minimum Gasteiger partial charge on any atom is -0.369 e. The van der Waals surface area contributed by atoms with Crippen molar-refractivity contribution in [1.82, 2.24) is 5.32 Å². The summed E-state index contributed by atoms with van der Waals surface area (Å²) in [7, 11) is 0. The van der Waals surface area contributed by atoms with Crippen LogP contribution in [-0.4, -0.2) is 25.7 Å². The van der Waals surface area contributed by atoms with Gasteiger partial charge in [-0.25, -0.2) is 0 Å². The van der Waals surface area contributed by atoms with Crippen LogP contribution in [0.4, 0.5) is 5.69 Å². The van der Waals surface area contributed by atoms with Crippen LogP contribution in [0.25, 0.3) is 0 Å². The van der Waals surface area contributed by atoms with Crippen molar-refractivity contribution in [3.8, 4) is 0 Å². The molecule has 0 radical (unpaired) electrons. The molecule has 2 nitrogen and oxygen atoms in total. The Hall–Kier alpha value is -0.250. The Morgan fingerprint density at radius 2 is 2.35 bits per heavy atom. The molecule has 0 amide bonds. The first-order chi connectivity index (χ1) is 8.20. The second-order valence-electron chi connectivity index (χ2n) is 4.44. The molecule has 0 bridgehead atoms. The van der Waals surface area contributed by atoms with Crippen molar-refractivity contribution in [2.75, 3.05) is 24.5 Å². The van der Waals surface area contributed by atoms with Gasteiger partial charge in [0.05, 0.1) is 10.7 Å². The maximum absolute atomic E-state index is 6.27. The fourth-order valence-corrected chi connectivity index (χ4v) is 2.97. The molecule has 1 aromatic carbocycles. The van der Waals surface area contributed by atoms with Gasteiger partial charge in [-0.1, -0.05) is 34.5 Å². The van der Waals surface area contributed by atoms with Gasteiger partial charge in [0.2, 0.25) is 0 Å². The second kappa shape index (κ2) is 6.07. The van der Waals surface area contributed by atoms with Crippen molar-refractivity contribution in [2.24, 2.45) is 0 Å². The van der Waals surface area contributed by atoms with E-state index in [1.807, 2.05) is 12.1 Å². The van der Waals surface area contributed by atoms with Gasteiger partial charge in [-0.15, -0.1) is 0 Å². The van der Waals surface area contributed by atoms with Gasteiger partial charge in [-0.2, -0.15) is 0 Å². The highest BCUT2D eigenvalue weighted by molar-refractivity contribution is 9.10. The summed E-state index contributed by atoms with van der Waals surface area (Å²) in [5.74, 6) is 0. The number of halogens is 2. The summed E-state index contributed by atoms with van der Waals surface area (Å²) in [5, 5.41) is 4.36. The van der Waals surface area contributed by atoms with Crippen molar-refractivity contribution in [3.05, 3.63) is 27.7 Å². The zero-order valence-electron chi connectivity index (χ0n) is 10.0. The van der Waals surface area contributed by atoms with E-state index < -0.39 is 0 Å². The van der Waals surface area contributed by atoms with E-state index in [0.29, 0.717) is 6.04 Å². The lowest BCUT2D eigenvalue weighted by molar-refractivity contribution is 0.431. The van der Waals surface area contributed by atoms with E-state index >= 15 is 0 Å². The number of rotatable bonds is 3. The lowest BCUT2D eigenvalue weighted by Gasteiger charge is -2.35. The fourth-order valence-electron chi connectivity index (χ4n) is 2.38. The van der Waals surface area contributed by atoms with Crippen molar-refractivity contribution in [1.29, 1.82) is 0 Å². The first-order valence-electron chi connectivity index (χ1n) is 6.14. The van der Waals surface area contributed by atoms with E-state index in [4.69, 9.17) is 11.6 Å². The van der Waals surface area contributed by atoms with Crippen LogP contribution in [0.5, 0.6) is 0 Å².